The molecule has 8 nitrogen and oxygen atoms in total. The molecule has 0 aromatic heterocycles. The van der Waals surface area contributed by atoms with Crippen LogP contribution in [0.1, 0.15) is 44.6 Å². The van der Waals surface area contributed by atoms with E-state index >= 15 is 0 Å². The molecule has 3 fully saturated rings. The molecule has 1 aromatic rings. The van der Waals surface area contributed by atoms with E-state index in [1.807, 2.05) is 26.0 Å². The number of esters is 1. The lowest BCUT2D eigenvalue weighted by Crippen LogP contribution is -2.56. The summed E-state index contributed by atoms with van der Waals surface area (Å²) in [6, 6.07) is 4.41. The SMILES string of the molecule is C=CCCCOC(=O)[C@@H]1[C@H]2C(=O)N(CCCO)C(C(=O)N(CC=C)c3c(C)cccc3Cl)C23CC[C@@]1(C)O3. The predicted octanol–water partition coefficient (Wildman–Crippen LogP) is 3.82. The number of para-hydroxylation sites is 1. The molecule has 5 atom stereocenters. The summed E-state index contributed by atoms with van der Waals surface area (Å²) in [6.07, 6.45) is 5.99. The maximum atomic E-state index is 14.5. The van der Waals surface area contributed by atoms with Crippen molar-refractivity contribution in [2.75, 3.05) is 31.2 Å². The van der Waals surface area contributed by atoms with Gasteiger partial charge in [0.2, 0.25) is 5.91 Å². The van der Waals surface area contributed by atoms with E-state index < -0.39 is 35.0 Å². The smallest absolute Gasteiger partial charge is 0.312 e. The third-order valence-corrected chi connectivity index (χ3v) is 8.46. The minimum absolute atomic E-state index is 0.143. The van der Waals surface area contributed by atoms with Crippen molar-refractivity contribution in [3.63, 3.8) is 0 Å². The van der Waals surface area contributed by atoms with Gasteiger partial charge in [-0.2, -0.15) is 0 Å². The molecule has 1 N–H and O–H groups in total. The van der Waals surface area contributed by atoms with Crippen LogP contribution in [0.2, 0.25) is 5.02 Å². The highest BCUT2D eigenvalue weighted by molar-refractivity contribution is 6.34. The highest BCUT2D eigenvalue weighted by Gasteiger charge is 2.78. The third kappa shape index (κ3) is 4.56. The first kappa shape index (κ1) is 28.3. The second-order valence-corrected chi connectivity index (χ2v) is 11.0. The molecule has 1 aromatic carbocycles. The Balaban J connectivity index is 1.75. The van der Waals surface area contributed by atoms with Crippen LogP contribution in [-0.2, 0) is 23.9 Å². The van der Waals surface area contributed by atoms with Gasteiger partial charge in [0.05, 0.1) is 28.8 Å². The van der Waals surface area contributed by atoms with E-state index in [4.69, 9.17) is 21.1 Å². The second kappa shape index (κ2) is 11.2. The standard InChI is InChI=1S/C29H37ClN2O6/c1-5-7-8-18-37-27(36)22-21-25(34)32(16-10-17-33)24(29(21)14-13-28(22,4)38-29)26(35)31(15-6-2)23-19(3)11-9-12-20(23)30/h5-6,9,11-12,21-22,24,33H,1-2,7-8,10,13-18H2,3-4H3/t21-,22-,24?,28+,29?/m0/s1. The molecule has 3 aliphatic heterocycles. The van der Waals surface area contributed by atoms with E-state index in [-0.39, 0.29) is 38.1 Å². The van der Waals surface area contributed by atoms with Crippen molar-refractivity contribution in [2.45, 2.75) is 63.2 Å². The molecule has 3 aliphatic rings. The van der Waals surface area contributed by atoms with Gasteiger partial charge >= 0.3 is 5.97 Å². The van der Waals surface area contributed by atoms with Gasteiger partial charge in [-0.05, 0) is 57.6 Å². The molecule has 3 saturated heterocycles. The maximum absolute atomic E-state index is 14.5. The van der Waals surface area contributed by atoms with E-state index in [2.05, 4.69) is 13.2 Å². The third-order valence-electron chi connectivity index (χ3n) is 8.15. The molecule has 9 heteroatoms. The van der Waals surface area contributed by atoms with E-state index in [1.54, 1.807) is 23.1 Å². The molecule has 3 heterocycles. The summed E-state index contributed by atoms with van der Waals surface area (Å²) in [6.45, 7) is 11.6. The number of hydrogen-bond donors (Lipinski definition) is 1. The van der Waals surface area contributed by atoms with E-state index in [0.717, 1.165) is 5.56 Å². The van der Waals surface area contributed by atoms with Crippen LogP contribution in [-0.4, -0.2) is 71.3 Å². The number of benzene rings is 1. The Morgan fingerprint density at radius 1 is 1.29 bits per heavy atom. The van der Waals surface area contributed by atoms with Gasteiger partial charge in [0.1, 0.15) is 17.6 Å². The summed E-state index contributed by atoms with van der Waals surface area (Å²) in [4.78, 5) is 44.9. The highest BCUT2D eigenvalue weighted by Crippen LogP contribution is 2.63. The first-order valence-corrected chi connectivity index (χ1v) is 13.6. The van der Waals surface area contributed by atoms with Crippen molar-refractivity contribution in [1.82, 2.24) is 4.90 Å². The predicted molar refractivity (Wildman–Crippen MR) is 145 cm³/mol. The molecular weight excluding hydrogens is 508 g/mol. The molecule has 0 aliphatic carbocycles. The van der Waals surface area contributed by atoms with Crippen molar-refractivity contribution in [3.8, 4) is 0 Å². The van der Waals surface area contributed by atoms with E-state index in [9.17, 15) is 19.5 Å². The summed E-state index contributed by atoms with van der Waals surface area (Å²) >= 11 is 6.56. The molecular formula is C29H37ClN2O6. The van der Waals surface area contributed by atoms with Gasteiger partial charge in [-0.25, -0.2) is 0 Å². The van der Waals surface area contributed by atoms with Crippen LogP contribution >= 0.6 is 11.6 Å². The van der Waals surface area contributed by atoms with Gasteiger partial charge in [0, 0.05) is 19.7 Å². The molecule has 0 saturated carbocycles. The van der Waals surface area contributed by atoms with Gasteiger partial charge in [0.25, 0.3) is 5.91 Å². The maximum Gasteiger partial charge on any atom is 0.312 e. The summed E-state index contributed by atoms with van der Waals surface area (Å²) in [5, 5.41) is 9.97. The first-order chi connectivity index (χ1) is 18.2. The Hall–Kier alpha value is -2.68. The zero-order valence-electron chi connectivity index (χ0n) is 22.2. The zero-order chi connectivity index (χ0) is 27.7. The van der Waals surface area contributed by atoms with Crippen molar-refractivity contribution in [3.05, 3.63) is 54.1 Å². The number of amides is 2. The number of halogens is 1. The minimum atomic E-state index is -1.18. The number of fused-ring (bicyclic) bond motifs is 1. The molecule has 1 spiro atoms. The van der Waals surface area contributed by atoms with Crippen molar-refractivity contribution in [2.24, 2.45) is 11.8 Å². The van der Waals surface area contributed by atoms with Crippen LogP contribution in [0.25, 0.3) is 0 Å². The normalized spacial score (nSPS) is 29.3. The van der Waals surface area contributed by atoms with Gasteiger partial charge in [-0.3, -0.25) is 14.4 Å². The molecule has 206 valence electrons. The number of carbonyl (C=O) groups is 3. The van der Waals surface area contributed by atoms with Crippen molar-refractivity contribution < 1.29 is 29.0 Å². The monoisotopic (exact) mass is 544 g/mol. The Labute approximate surface area is 229 Å². The fourth-order valence-corrected chi connectivity index (χ4v) is 6.89. The first-order valence-electron chi connectivity index (χ1n) is 13.2. The number of carbonyl (C=O) groups excluding carboxylic acids is 3. The number of unbranched alkanes of at least 4 members (excludes halogenated alkanes) is 1. The fourth-order valence-electron chi connectivity index (χ4n) is 6.57. The van der Waals surface area contributed by atoms with Crippen LogP contribution < -0.4 is 4.90 Å². The molecule has 38 heavy (non-hydrogen) atoms. The topological polar surface area (TPSA) is 96.4 Å². The number of aliphatic hydroxyl groups excluding tert-OH is 1. The lowest BCUT2D eigenvalue weighted by atomic mass is 9.66. The lowest BCUT2D eigenvalue weighted by Gasteiger charge is -2.37. The van der Waals surface area contributed by atoms with Gasteiger partial charge in [-0.15, -0.1) is 13.2 Å². The second-order valence-electron chi connectivity index (χ2n) is 10.6. The molecule has 2 bridgehead atoms. The quantitative estimate of drug-likeness (QED) is 0.244. The summed E-state index contributed by atoms with van der Waals surface area (Å²) < 4.78 is 12.2. The van der Waals surface area contributed by atoms with Crippen LogP contribution in [0.5, 0.6) is 0 Å². The molecule has 2 amide bonds. The summed E-state index contributed by atoms with van der Waals surface area (Å²) in [5.74, 6) is -2.81. The zero-order valence-corrected chi connectivity index (χ0v) is 22.9. The Kier molecular flexibility index (Phi) is 8.35. The number of aliphatic hydroxyl groups is 1. The van der Waals surface area contributed by atoms with Crippen molar-refractivity contribution in [1.29, 1.82) is 0 Å². The Bertz CT molecular complexity index is 1100. The average molecular weight is 545 g/mol. The van der Waals surface area contributed by atoms with Crippen LogP contribution in [0.3, 0.4) is 0 Å². The average Bonchev–Trinajstić information content (AvgIpc) is 3.44. The highest BCUT2D eigenvalue weighted by atomic mass is 35.5. The Morgan fingerprint density at radius 3 is 2.71 bits per heavy atom. The van der Waals surface area contributed by atoms with Gasteiger partial charge in [-0.1, -0.05) is 35.9 Å². The Morgan fingerprint density at radius 2 is 2.05 bits per heavy atom. The van der Waals surface area contributed by atoms with E-state index in [0.29, 0.717) is 42.8 Å². The number of anilines is 1. The van der Waals surface area contributed by atoms with Crippen LogP contribution in [0.4, 0.5) is 5.69 Å². The number of rotatable bonds is 12. The summed E-state index contributed by atoms with van der Waals surface area (Å²) in [5.41, 5.74) is -0.748. The number of nitrogens with zero attached hydrogens (tertiary/aromatic N) is 2. The number of ether oxygens (including phenoxy) is 2. The van der Waals surface area contributed by atoms with Gasteiger partial charge < -0.3 is 24.4 Å². The number of allylic oxidation sites excluding steroid dienone is 1. The fraction of sp³-hybridized carbons (Fsp3) is 0.552. The summed E-state index contributed by atoms with van der Waals surface area (Å²) in [7, 11) is 0. The van der Waals surface area contributed by atoms with E-state index in [1.165, 1.54) is 4.90 Å². The molecule has 4 rings (SSSR count). The minimum Gasteiger partial charge on any atom is -0.465 e. The number of aryl methyl sites for hydroxylation is 1. The van der Waals surface area contributed by atoms with Crippen LogP contribution in [0.15, 0.2) is 43.5 Å². The number of likely N-dealkylation sites (tertiary alicyclic amines) is 1. The van der Waals surface area contributed by atoms with Gasteiger partial charge in [0.15, 0.2) is 0 Å². The van der Waals surface area contributed by atoms with Crippen LogP contribution in [0, 0.1) is 18.8 Å². The largest absolute Gasteiger partial charge is 0.465 e. The molecule has 2 unspecified atom stereocenters. The lowest BCUT2D eigenvalue weighted by molar-refractivity contribution is -0.159. The van der Waals surface area contributed by atoms with Crippen molar-refractivity contribution >= 4 is 35.1 Å². The molecule has 0 radical (unpaired) electrons. The number of hydrogen-bond acceptors (Lipinski definition) is 6.